The van der Waals surface area contributed by atoms with Gasteiger partial charge >= 0.3 is 0 Å². The van der Waals surface area contributed by atoms with E-state index >= 15 is 0 Å². The van der Waals surface area contributed by atoms with Gasteiger partial charge in [0, 0.05) is 6.54 Å². The second-order valence-corrected chi connectivity index (χ2v) is 4.61. The molecule has 14 heavy (non-hydrogen) atoms. The zero-order chi connectivity index (χ0) is 9.80. The first kappa shape index (κ1) is 9.77. The van der Waals surface area contributed by atoms with E-state index in [0.29, 0.717) is 11.7 Å². The fraction of sp³-hybridized carbons (Fsp3) is 0.500. The molecule has 1 aliphatic heterocycles. The molecule has 76 valence electrons. The molecular formula is C10H13FN2S. The van der Waals surface area contributed by atoms with Crippen LogP contribution in [0.25, 0.3) is 0 Å². The number of pyridine rings is 1. The Balaban J connectivity index is 1.85. The zero-order valence-corrected chi connectivity index (χ0v) is 8.69. The molecule has 1 aliphatic rings. The van der Waals surface area contributed by atoms with E-state index in [2.05, 4.69) is 10.3 Å². The predicted octanol–water partition coefficient (Wildman–Crippen LogP) is 2.39. The molecule has 0 saturated carbocycles. The maximum absolute atomic E-state index is 12.7. The van der Waals surface area contributed by atoms with Gasteiger partial charge in [-0.2, -0.15) is 16.2 Å². The summed E-state index contributed by atoms with van der Waals surface area (Å²) < 4.78 is 12.7. The van der Waals surface area contributed by atoms with E-state index in [0.717, 1.165) is 6.54 Å². The molecule has 1 fully saturated rings. The minimum absolute atomic E-state index is 0.421. The van der Waals surface area contributed by atoms with Gasteiger partial charge in [-0.1, -0.05) is 6.07 Å². The maximum atomic E-state index is 12.7. The largest absolute Gasteiger partial charge is 0.370 e. The third-order valence-electron chi connectivity index (χ3n) is 2.31. The third kappa shape index (κ3) is 2.61. The Morgan fingerprint density at radius 2 is 2.50 bits per heavy atom. The SMILES string of the molecule is Fc1cccc(NCC2CCSC2)n1. The summed E-state index contributed by atoms with van der Waals surface area (Å²) in [5, 5.41) is 3.16. The molecule has 1 aromatic heterocycles. The highest BCUT2D eigenvalue weighted by Gasteiger charge is 2.14. The highest BCUT2D eigenvalue weighted by Crippen LogP contribution is 2.23. The molecule has 1 unspecified atom stereocenters. The number of aromatic nitrogens is 1. The number of hydrogen-bond acceptors (Lipinski definition) is 3. The average molecular weight is 212 g/mol. The summed E-state index contributed by atoms with van der Waals surface area (Å²) in [6.07, 6.45) is 1.26. The monoisotopic (exact) mass is 212 g/mol. The normalized spacial score (nSPS) is 21.1. The van der Waals surface area contributed by atoms with E-state index in [1.54, 1.807) is 12.1 Å². The lowest BCUT2D eigenvalue weighted by molar-refractivity contribution is 0.582. The lowest BCUT2D eigenvalue weighted by atomic mass is 10.1. The van der Waals surface area contributed by atoms with Gasteiger partial charge in [0.15, 0.2) is 0 Å². The van der Waals surface area contributed by atoms with Crippen LogP contribution < -0.4 is 5.32 Å². The van der Waals surface area contributed by atoms with Crippen LogP contribution in [-0.2, 0) is 0 Å². The molecule has 1 atom stereocenters. The molecule has 2 heterocycles. The topological polar surface area (TPSA) is 24.9 Å². The van der Waals surface area contributed by atoms with E-state index in [4.69, 9.17) is 0 Å². The number of anilines is 1. The molecule has 1 N–H and O–H groups in total. The molecule has 0 radical (unpaired) electrons. The first-order valence-electron chi connectivity index (χ1n) is 4.79. The lowest BCUT2D eigenvalue weighted by Crippen LogP contribution is -2.14. The summed E-state index contributed by atoms with van der Waals surface area (Å²) in [5.74, 6) is 3.40. The van der Waals surface area contributed by atoms with Crippen LogP contribution in [0.5, 0.6) is 0 Å². The van der Waals surface area contributed by atoms with Crippen LogP contribution in [0, 0.1) is 11.9 Å². The molecule has 4 heteroatoms. The van der Waals surface area contributed by atoms with Crippen LogP contribution >= 0.6 is 11.8 Å². The van der Waals surface area contributed by atoms with E-state index in [-0.39, 0.29) is 0 Å². The van der Waals surface area contributed by atoms with Crippen LogP contribution in [0.1, 0.15) is 6.42 Å². The van der Waals surface area contributed by atoms with E-state index < -0.39 is 5.95 Å². The Hall–Kier alpha value is -0.770. The van der Waals surface area contributed by atoms with Crippen molar-refractivity contribution in [2.45, 2.75) is 6.42 Å². The molecule has 0 amide bonds. The number of nitrogens with zero attached hydrogens (tertiary/aromatic N) is 1. The van der Waals surface area contributed by atoms with Crippen molar-refractivity contribution in [2.75, 3.05) is 23.4 Å². The van der Waals surface area contributed by atoms with Crippen molar-refractivity contribution in [3.8, 4) is 0 Å². The number of nitrogens with one attached hydrogen (secondary N) is 1. The first-order valence-corrected chi connectivity index (χ1v) is 5.94. The predicted molar refractivity (Wildman–Crippen MR) is 58.1 cm³/mol. The fourth-order valence-corrected chi connectivity index (χ4v) is 2.78. The van der Waals surface area contributed by atoms with Crippen LogP contribution in [0.4, 0.5) is 10.2 Å². The number of hydrogen-bond donors (Lipinski definition) is 1. The van der Waals surface area contributed by atoms with Gasteiger partial charge in [-0.3, -0.25) is 0 Å². The Morgan fingerprint density at radius 3 is 3.21 bits per heavy atom. The minimum atomic E-state index is -0.421. The van der Waals surface area contributed by atoms with Gasteiger partial charge in [-0.15, -0.1) is 0 Å². The van der Waals surface area contributed by atoms with Gasteiger partial charge in [0.05, 0.1) is 0 Å². The second kappa shape index (κ2) is 4.64. The van der Waals surface area contributed by atoms with E-state index in [9.17, 15) is 4.39 Å². The third-order valence-corrected chi connectivity index (χ3v) is 3.54. The van der Waals surface area contributed by atoms with Gasteiger partial charge in [0.2, 0.25) is 5.95 Å². The maximum Gasteiger partial charge on any atom is 0.214 e. The molecule has 0 aromatic carbocycles. The van der Waals surface area contributed by atoms with Crippen LogP contribution in [0.15, 0.2) is 18.2 Å². The summed E-state index contributed by atoms with van der Waals surface area (Å²) in [6.45, 7) is 0.906. The highest BCUT2D eigenvalue weighted by molar-refractivity contribution is 7.99. The van der Waals surface area contributed by atoms with Gasteiger partial charge in [-0.05, 0) is 36.0 Å². The second-order valence-electron chi connectivity index (χ2n) is 3.46. The number of thioether (sulfide) groups is 1. The summed E-state index contributed by atoms with van der Waals surface area (Å²) in [7, 11) is 0. The van der Waals surface area contributed by atoms with Crippen molar-refractivity contribution in [2.24, 2.45) is 5.92 Å². The lowest BCUT2D eigenvalue weighted by Gasteiger charge is -2.09. The van der Waals surface area contributed by atoms with Crippen LogP contribution in [-0.4, -0.2) is 23.0 Å². The zero-order valence-electron chi connectivity index (χ0n) is 7.87. The standard InChI is InChI=1S/C10H13FN2S/c11-9-2-1-3-10(13-9)12-6-8-4-5-14-7-8/h1-3,8H,4-7H2,(H,12,13). The van der Waals surface area contributed by atoms with Gasteiger partial charge in [-0.25, -0.2) is 4.98 Å². The van der Waals surface area contributed by atoms with Gasteiger partial charge in [0.25, 0.3) is 0 Å². The van der Waals surface area contributed by atoms with Crippen molar-refractivity contribution in [3.05, 3.63) is 24.1 Å². The van der Waals surface area contributed by atoms with Crippen molar-refractivity contribution in [1.82, 2.24) is 4.98 Å². The fourth-order valence-electron chi connectivity index (χ4n) is 1.50. The smallest absolute Gasteiger partial charge is 0.214 e. The Labute approximate surface area is 87.3 Å². The van der Waals surface area contributed by atoms with Crippen LogP contribution in [0.3, 0.4) is 0 Å². The quantitative estimate of drug-likeness (QED) is 0.779. The molecule has 0 bridgehead atoms. The van der Waals surface area contributed by atoms with Gasteiger partial charge in [0.1, 0.15) is 5.82 Å². The van der Waals surface area contributed by atoms with Crippen molar-refractivity contribution in [3.63, 3.8) is 0 Å². The van der Waals surface area contributed by atoms with Crippen LogP contribution in [0.2, 0.25) is 0 Å². The number of halogens is 1. The van der Waals surface area contributed by atoms with Gasteiger partial charge < -0.3 is 5.32 Å². The Bertz CT molecular complexity index is 300. The highest BCUT2D eigenvalue weighted by atomic mass is 32.2. The Kier molecular flexibility index (Phi) is 3.24. The van der Waals surface area contributed by atoms with Crippen molar-refractivity contribution in [1.29, 1.82) is 0 Å². The van der Waals surface area contributed by atoms with Crippen molar-refractivity contribution >= 4 is 17.6 Å². The Morgan fingerprint density at radius 1 is 1.57 bits per heavy atom. The average Bonchev–Trinajstić information content (AvgIpc) is 2.67. The molecule has 0 spiro atoms. The van der Waals surface area contributed by atoms with E-state index in [1.165, 1.54) is 24.0 Å². The van der Waals surface area contributed by atoms with Crippen molar-refractivity contribution < 1.29 is 4.39 Å². The molecule has 2 nitrogen and oxygen atoms in total. The molecule has 0 aliphatic carbocycles. The molecule has 1 saturated heterocycles. The molecular weight excluding hydrogens is 199 g/mol. The number of rotatable bonds is 3. The molecule has 1 aromatic rings. The first-order chi connectivity index (χ1) is 6.84. The summed E-state index contributed by atoms with van der Waals surface area (Å²) in [6, 6.07) is 4.83. The molecule has 2 rings (SSSR count). The summed E-state index contributed by atoms with van der Waals surface area (Å²) in [4.78, 5) is 3.75. The minimum Gasteiger partial charge on any atom is -0.370 e. The summed E-state index contributed by atoms with van der Waals surface area (Å²) in [5.41, 5.74) is 0. The summed E-state index contributed by atoms with van der Waals surface area (Å²) >= 11 is 1.99. The van der Waals surface area contributed by atoms with E-state index in [1.807, 2.05) is 11.8 Å².